The van der Waals surface area contributed by atoms with Gasteiger partial charge in [0.2, 0.25) is 0 Å². The minimum atomic E-state index is -0.511. The van der Waals surface area contributed by atoms with Gasteiger partial charge in [0.25, 0.3) is 0 Å². The predicted molar refractivity (Wildman–Crippen MR) is 95.7 cm³/mol. The summed E-state index contributed by atoms with van der Waals surface area (Å²) < 4.78 is 0. The first-order valence-electron chi connectivity index (χ1n) is 7.98. The second-order valence-electron chi connectivity index (χ2n) is 4.87. The Bertz CT molecular complexity index is 697. The number of benzene rings is 2. The number of carbonyl (C=O) groups excluding carboxylic acids is 1. The quantitative estimate of drug-likeness (QED) is 0.840. The number of aryl methyl sites for hydroxylation is 1. The summed E-state index contributed by atoms with van der Waals surface area (Å²) in [6.45, 7) is 6.52. The second kappa shape index (κ2) is 8.13. The highest BCUT2D eigenvalue weighted by atomic mass is 16.7. The first kappa shape index (κ1) is 16.7. The summed E-state index contributed by atoms with van der Waals surface area (Å²) in [6.07, 6.45) is 0.512. The standard InChI is InChI=1S/C17H16N2O2.C2H6.H2/c1-2-12-7-9-13(10-8-12)14-5-3-4-6-15(14)16-11-18-17(20)21-19-16;1-2;/h3-10H,2,11H2,1H3,(H,18,20);1-2H3;1H. The van der Waals surface area contributed by atoms with E-state index in [4.69, 9.17) is 4.84 Å². The fraction of sp³-hybridized carbons (Fsp3) is 0.263. The molecule has 1 aliphatic heterocycles. The van der Waals surface area contributed by atoms with E-state index in [0.29, 0.717) is 6.54 Å². The highest BCUT2D eigenvalue weighted by molar-refractivity contribution is 6.08. The van der Waals surface area contributed by atoms with Crippen LogP contribution in [-0.4, -0.2) is 18.3 Å². The molecule has 0 fully saturated rings. The summed E-state index contributed by atoms with van der Waals surface area (Å²) in [5.41, 5.74) is 5.22. The molecule has 1 aliphatic rings. The lowest BCUT2D eigenvalue weighted by molar-refractivity contribution is 0.147. The first-order chi connectivity index (χ1) is 11.3. The predicted octanol–water partition coefficient (Wildman–Crippen LogP) is 4.63. The number of oxime groups is 1. The Kier molecular flexibility index (Phi) is 5.92. The molecule has 2 aromatic carbocycles. The molecule has 1 heterocycles. The van der Waals surface area contributed by atoms with Crippen LogP contribution in [0, 0.1) is 0 Å². The van der Waals surface area contributed by atoms with Gasteiger partial charge < -0.3 is 5.32 Å². The third kappa shape index (κ3) is 3.97. The maximum atomic E-state index is 11.0. The van der Waals surface area contributed by atoms with Crippen LogP contribution in [0.25, 0.3) is 11.1 Å². The van der Waals surface area contributed by atoms with Crippen molar-refractivity contribution < 1.29 is 11.1 Å². The zero-order chi connectivity index (χ0) is 16.7. The molecule has 2 aromatic rings. The summed E-state index contributed by atoms with van der Waals surface area (Å²) in [7, 11) is 0. The Labute approximate surface area is 138 Å². The number of hydrogen-bond donors (Lipinski definition) is 1. The van der Waals surface area contributed by atoms with Gasteiger partial charge in [-0.3, -0.25) is 4.84 Å². The normalized spacial score (nSPS) is 13.2. The van der Waals surface area contributed by atoms with Crippen molar-refractivity contribution in [1.82, 2.24) is 5.32 Å². The minimum absolute atomic E-state index is 0. The Morgan fingerprint density at radius 2 is 1.74 bits per heavy atom. The van der Waals surface area contributed by atoms with E-state index >= 15 is 0 Å². The van der Waals surface area contributed by atoms with Crippen molar-refractivity contribution in [3.05, 3.63) is 59.7 Å². The minimum Gasteiger partial charge on any atom is -0.314 e. The molecule has 4 nitrogen and oxygen atoms in total. The molecule has 0 bridgehead atoms. The Balaban J connectivity index is 0.000000925. The molecule has 0 aliphatic carbocycles. The van der Waals surface area contributed by atoms with Crippen LogP contribution in [0.15, 0.2) is 53.7 Å². The van der Waals surface area contributed by atoms with Crippen LogP contribution in [0.1, 0.15) is 33.3 Å². The lowest BCUT2D eigenvalue weighted by Gasteiger charge is -2.15. The molecule has 1 N–H and O–H groups in total. The van der Waals surface area contributed by atoms with Crippen LogP contribution in [-0.2, 0) is 11.3 Å². The van der Waals surface area contributed by atoms with Crippen LogP contribution in [0.5, 0.6) is 0 Å². The van der Waals surface area contributed by atoms with Gasteiger partial charge in [0.1, 0.15) is 5.71 Å². The maximum absolute atomic E-state index is 11.0. The van der Waals surface area contributed by atoms with Crippen molar-refractivity contribution in [2.45, 2.75) is 27.2 Å². The monoisotopic (exact) mass is 312 g/mol. The molecular formula is C19H24N2O2. The zero-order valence-electron chi connectivity index (χ0n) is 13.8. The van der Waals surface area contributed by atoms with E-state index in [1.54, 1.807) is 0 Å². The molecule has 23 heavy (non-hydrogen) atoms. The number of hydrogen-bond acceptors (Lipinski definition) is 3. The summed E-state index contributed by atoms with van der Waals surface area (Å²) in [4.78, 5) is 15.7. The molecule has 0 saturated carbocycles. The highest BCUT2D eigenvalue weighted by Crippen LogP contribution is 2.25. The van der Waals surface area contributed by atoms with Crippen molar-refractivity contribution in [3.63, 3.8) is 0 Å². The Morgan fingerprint density at radius 1 is 1.09 bits per heavy atom. The van der Waals surface area contributed by atoms with Gasteiger partial charge in [-0.2, -0.15) is 0 Å². The molecule has 4 heteroatoms. The molecule has 1 amide bonds. The summed E-state index contributed by atoms with van der Waals surface area (Å²) in [5.74, 6) is 0. The average Bonchev–Trinajstić information content (AvgIpc) is 2.64. The highest BCUT2D eigenvalue weighted by Gasteiger charge is 2.17. The third-order valence-corrected chi connectivity index (χ3v) is 3.55. The van der Waals surface area contributed by atoms with E-state index in [1.807, 2.05) is 32.0 Å². The van der Waals surface area contributed by atoms with Crippen LogP contribution < -0.4 is 5.32 Å². The Hall–Kier alpha value is -2.62. The molecule has 0 radical (unpaired) electrons. The molecule has 0 saturated heterocycles. The average molecular weight is 312 g/mol. The van der Waals surface area contributed by atoms with E-state index in [9.17, 15) is 4.79 Å². The summed E-state index contributed by atoms with van der Waals surface area (Å²) in [5, 5.41) is 6.54. The van der Waals surface area contributed by atoms with Gasteiger partial charge in [-0.05, 0) is 23.1 Å². The van der Waals surface area contributed by atoms with Gasteiger partial charge in [-0.15, -0.1) is 0 Å². The molecule has 0 spiro atoms. The van der Waals surface area contributed by atoms with Crippen LogP contribution in [0.4, 0.5) is 4.79 Å². The SMILES string of the molecule is CC.CCc1ccc(-c2ccccc2C2=NOC(=O)NC2)cc1.[HH]. The number of nitrogens with zero attached hydrogens (tertiary/aromatic N) is 1. The molecule has 122 valence electrons. The van der Waals surface area contributed by atoms with E-state index in [1.165, 1.54) is 5.56 Å². The topological polar surface area (TPSA) is 50.7 Å². The van der Waals surface area contributed by atoms with Crippen molar-refractivity contribution >= 4 is 11.8 Å². The maximum Gasteiger partial charge on any atom is 0.433 e. The van der Waals surface area contributed by atoms with Gasteiger partial charge in [-0.1, -0.05) is 74.5 Å². The number of carbonyl (C=O) groups is 1. The van der Waals surface area contributed by atoms with Gasteiger partial charge in [0.15, 0.2) is 0 Å². The van der Waals surface area contributed by atoms with Crippen LogP contribution in [0.3, 0.4) is 0 Å². The first-order valence-corrected chi connectivity index (χ1v) is 7.98. The summed E-state index contributed by atoms with van der Waals surface area (Å²) >= 11 is 0. The van der Waals surface area contributed by atoms with E-state index in [2.05, 4.69) is 47.7 Å². The van der Waals surface area contributed by atoms with Gasteiger partial charge in [0, 0.05) is 6.99 Å². The van der Waals surface area contributed by atoms with Crippen molar-refractivity contribution in [2.75, 3.05) is 6.54 Å². The molecule has 3 rings (SSSR count). The fourth-order valence-corrected chi connectivity index (χ4v) is 2.37. The van der Waals surface area contributed by atoms with Crippen molar-refractivity contribution in [1.29, 1.82) is 0 Å². The van der Waals surface area contributed by atoms with Crippen molar-refractivity contribution in [3.8, 4) is 11.1 Å². The lowest BCUT2D eigenvalue weighted by atomic mass is 9.95. The fourth-order valence-electron chi connectivity index (χ4n) is 2.37. The van der Waals surface area contributed by atoms with E-state index in [0.717, 1.165) is 28.8 Å². The van der Waals surface area contributed by atoms with Crippen LogP contribution >= 0.6 is 0 Å². The van der Waals surface area contributed by atoms with Crippen LogP contribution in [0.2, 0.25) is 0 Å². The smallest absolute Gasteiger partial charge is 0.314 e. The van der Waals surface area contributed by atoms with Gasteiger partial charge >= 0.3 is 6.09 Å². The molecular weight excluding hydrogens is 288 g/mol. The zero-order valence-corrected chi connectivity index (χ0v) is 13.8. The third-order valence-electron chi connectivity index (χ3n) is 3.55. The second-order valence-corrected chi connectivity index (χ2v) is 4.87. The number of rotatable bonds is 3. The van der Waals surface area contributed by atoms with E-state index < -0.39 is 6.09 Å². The number of nitrogens with one attached hydrogen (secondary N) is 1. The number of amides is 1. The largest absolute Gasteiger partial charge is 0.433 e. The lowest BCUT2D eigenvalue weighted by Crippen LogP contribution is -2.34. The summed E-state index contributed by atoms with van der Waals surface area (Å²) in [6, 6.07) is 16.5. The van der Waals surface area contributed by atoms with Gasteiger partial charge in [0.05, 0.1) is 6.54 Å². The molecule has 0 atom stereocenters. The molecule has 0 aromatic heterocycles. The Morgan fingerprint density at radius 3 is 2.30 bits per heavy atom. The van der Waals surface area contributed by atoms with Crippen molar-refractivity contribution in [2.24, 2.45) is 5.16 Å². The molecule has 0 unspecified atom stereocenters. The van der Waals surface area contributed by atoms with Gasteiger partial charge in [-0.25, -0.2) is 4.79 Å². The van der Waals surface area contributed by atoms with E-state index in [-0.39, 0.29) is 1.43 Å².